The molecule has 1 atom stereocenters. The van der Waals surface area contributed by atoms with Gasteiger partial charge in [-0.1, -0.05) is 0 Å². The normalized spacial score (nSPS) is 16.5. The highest BCUT2D eigenvalue weighted by Gasteiger charge is 2.30. The molecule has 1 fully saturated rings. The van der Waals surface area contributed by atoms with Crippen molar-refractivity contribution in [2.75, 3.05) is 39.3 Å². The molecule has 1 aromatic heterocycles. The Morgan fingerprint density at radius 3 is 2.54 bits per heavy atom. The molecular formula is C19H24N4O3. The maximum Gasteiger partial charge on any atom is 0.255 e. The number of benzene rings is 1. The van der Waals surface area contributed by atoms with Gasteiger partial charge in [-0.25, -0.2) is 0 Å². The molecule has 7 heteroatoms. The number of rotatable bonds is 5. The second kappa shape index (κ2) is 7.59. The van der Waals surface area contributed by atoms with Crippen LogP contribution in [0.2, 0.25) is 0 Å². The summed E-state index contributed by atoms with van der Waals surface area (Å²) in [6, 6.07) is 7.69. The summed E-state index contributed by atoms with van der Waals surface area (Å²) in [7, 11) is 5.13. The van der Waals surface area contributed by atoms with Crippen LogP contribution in [0.4, 0.5) is 5.69 Å². The number of methoxy groups -OCH3 is 2. The van der Waals surface area contributed by atoms with E-state index in [1.807, 2.05) is 25.2 Å². The van der Waals surface area contributed by atoms with E-state index in [1.165, 1.54) is 0 Å². The van der Waals surface area contributed by atoms with Gasteiger partial charge in [-0.3, -0.25) is 4.79 Å². The van der Waals surface area contributed by atoms with E-state index in [-0.39, 0.29) is 11.9 Å². The first-order valence-electron chi connectivity index (χ1n) is 8.57. The van der Waals surface area contributed by atoms with Gasteiger partial charge in [0.15, 0.2) is 0 Å². The van der Waals surface area contributed by atoms with Gasteiger partial charge < -0.3 is 19.3 Å². The second-order valence-electron chi connectivity index (χ2n) is 6.41. The average molecular weight is 356 g/mol. The molecular weight excluding hydrogens is 332 g/mol. The fourth-order valence-corrected chi connectivity index (χ4v) is 3.25. The summed E-state index contributed by atoms with van der Waals surface area (Å²) in [4.78, 5) is 16.9. The number of carbonyl (C=O) groups is 1. The maximum atomic E-state index is 12.8. The molecule has 1 aliphatic rings. The molecule has 0 spiro atoms. The Morgan fingerprint density at radius 1 is 1.23 bits per heavy atom. The number of amides is 1. The Morgan fingerprint density at radius 2 is 1.92 bits per heavy atom. The van der Waals surface area contributed by atoms with Crippen molar-refractivity contribution in [3.05, 3.63) is 41.7 Å². The van der Waals surface area contributed by atoms with Crippen molar-refractivity contribution in [1.29, 1.82) is 0 Å². The topological polar surface area (TPSA) is 67.8 Å². The smallest absolute Gasteiger partial charge is 0.255 e. The third kappa shape index (κ3) is 3.56. The molecule has 2 heterocycles. The molecule has 3 rings (SSSR count). The number of nitrogens with zero attached hydrogens (tertiary/aromatic N) is 4. The van der Waals surface area contributed by atoms with Crippen molar-refractivity contribution in [2.24, 2.45) is 0 Å². The van der Waals surface area contributed by atoms with Crippen molar-refractivity contribution in [2.45, 2.75) is 19.4 Å². The Kier molecular flexibility index (Phi) is 5.25. The number of hydrogen-bond donors (Lipinski definition) is 0. The minimum absolute atomic E-state index is 0.0209. The van der Waals surface area contributed by atoms with Gasteiger partial charge in [0, 0.05) is 44.0 Å². The molecule has 26 heavy (non-hydrogen) atoms. The second-order valence-corrected chi connectivity index (χ2v) is 6.41. The minimum Gasteiger partial charge on any atom is -0.497 e. The lowest BCUT2D eigenvalue weighted by atomic mass is 10.1. The van der Waals surface area contributed by atoms with Gasteiger partial charge in [0.25, 0.3) is 5.91 Å². The summed E-state index contributed by atoms with van der Waals surface area (Å²) in [6.45, 7) is 3.43. The highest BCUT2D eigenvalue weighted by atomic mass is 16.5. The molecule has 1 amide bonds. The van der Waals surface area contributed by atoms with Crippen LogP contribution in [0.25, 0.3) is 0 Å². The molecule has 0 saturated carbocycles. The molecule has 7 nitrogen and oxygen atoms in total. The molecule has 1 saturated heterocycles. The van der Waals surface area contributed by atoms with E-state index in [1.54, 1.807) is 38.3 Å². The van der Waals surface area contributed by atoms with Gasteiger partial charge >= 0.3 is 0 Å². The number of carbonyl (C=O) groups excluding carboxylic acids is 1. The zero-order valence-corrected chi connectivity index (χ0v) is 15.6. The third-order valence-electron chi connectivity index (χ3n) is 4.87. The molecule has 1 aliphatic heterocycles. The molecule has 0 radical (unpaired) electrons. The zero-order chi connectivity index (χ0) is 18.7. The van der Waals surface area contributed by atoms with Crippen LogP contribution in [0.5, 0.6) is 11.5 Å². The fraction of sp³-hybridized carbons (Fsp3) is 0.421. The van der Waals surface area contributed by atoms with Crippen LogP contribution < -0.4 is 14.4 Å². The van der Waals surface area contributed by atoms with Crippen LogP contribution in [0.1, 0.15) is 22.5 Å². The summed E-state index contributed by atoms with van der Waals surface area (Å²) in [5, 5.41) is 7.79. The lowest BCUT2D eigenvalue weighted by Crippen LogP contribution is -2.39. The molecule has 0 aliphatic carbocycles. The summed E-state index contributed by atoms with van der Waals surface area (Å²) in [5.74, 6) is 1.49. The summed E-state index contributed by atoms with van der Waals surface area (Å²) in [5.41, 5.74) is 2.28. The number of ether oxygens (including phenoxy) is 2. The predicted octanol–water partition coefficient (Wildman–Crippen LogP) is 2.15. The van der Waals surface area contributed by atoms with E-state index in [0.29, 0.717) is 11.3 Å². The highest BCUT2D eigenvalue weighted by molar-refractivity contribution is 5.95. The molecule has 2 aromatic rings. The first-order valence-corrected chi connectivity index (χ1v) is 8.57. The van der Waals surface area contributed by atoms with Crippen LogP contribution in [0, 0.1) is 6.92 Å². The fourth-order valence-electron chi connectivity index (χ4n) is 3.25. The average Bonchev–Trinajstić information content (AvgIpc) is 3.17. The summed E-state index contributed by atoms with van der Waals surface area (Å²) >= 11 is 0. The number of aryl methyl sites for hydroxylation is 1. The van der Waals surface area contributed by atoms with E-state index in [2.05, 4.69) is 15.1 Å². The van der Waals surface area contributed by atoms with Crippen LogP contribution >= 0.6 is 0 Å². The quantitative estimate of drug-likeness (QED) is 0.818. The first kappa shape index (κ1) is 18.0. The van der Waals surface area contributed by atoms with E-state index >= 15 is 0 Å². The van der Waals surface area contributed by atoms with Gasteiger partial charge in [0.1, 0.15) is 11.5 Å². The summed E-state index contributed by atoms with van der Waals surface area (Å²) < 4.78 is 10.7. The van der Waals surface area contributed by atoms with Crippen molar-refractivity contribution in [1.82, 2.24) is 15.1 Å². The van der Waals surface area contributed by atoms with Gasteiger partial charge in [0.2, 0.25) is 0 Å². The minimum atomic E-state index is -0.0209. The van der Waals surface area contributed by atoms with Gasteiger partial charge in [-0.05, 0) is 19.4 Å². The first-order chi connectivity index (χ1) is 12.5. The summed E-state index contributed by atoms with van der Waals surface area (Å²) in [6.07, 6.45) is 2.46. The van der Waals surface area contributed by atoms with Gasteiger partial charge in [0.05, 0.1) is 37.7 Å². The highest BCUT2D eigenvalue weighted by Crippen LogP contribution is 2.31. The molecule has 0 N–H and O–H groups in total. The van der Waals surface area contributed by atoms with E-state index < -0.39 is 0 Å². The number of anilines is 1. The molecule has 0 bridgehead atoms. The van der Waals surface area contributed by atoms with Crippen LogP contribution in [-0.4, -0.2) is 61.4 Å². The van der Waals surface area contributed by atoms with Crippen LogP contribution in [0.15, 0.2) is 30.5 Å². The van der Waals surface area contributed by atoms with Crippen LogP contribution in [-0.2, 0) is 0 Å². The molecule has 1 unspecified atom stereocenters. The van der Waals surface area contributed by atoms with E-state index in [9.17, 15) is 4.79 Å². The lowest BCUT2D eigenvalue weighted by Gasteiger charge is -2.26. The lowest BCUT2D eigenvalue weighted by molar-refractivity contribution is 0.0743. The molecule has 1 aromatic carbocycles. The Labute approximate surface area is 153 Å². The van der Waals surface area contributed by atoms with E-state index in [4.69, 9.17) is 9.47 Å². The van der Waals surface area contributed by atoms with Gasteiger partial charge in [-0.2, -0.15) is 10.2 Å². The number of aromatic nitrogens is 2. The SMILES string of the molecule is COc1cc(OC)cc(N2CCC(N(C)C(=O)c3ccnnc3C)C2)c1. The van der Waals surface area contributed by atoms with Crippen molar-refractivity contribution >= 4 is 11.6 Å². The predicted molar refractivity (Wildman–Crippen MR) is 99.0 cm³/mol. The van der Waals surface area contributed by atoms with Crippen LogP contribution in [0.3, 0.4) is 0 Å². The third-order valence-corrected chi connectivity index (χ3v) is 4.87. The Hall–Kier alpha value is -2.83. The van der Waals surface area contributed by atoms with Crippen molar-refractivity contribution in [3.63, 3.8) is 0 Å². The Bertz CT molecular complexity index is 774. The largest absolute Gasteiger partial charge is 0.497 e. The number of likely N-dealkylation sites (N-methyl/N-ethyl adjacent to an activating group) is 1. The monoisotopic (exact) mass is 356 g/mol. The standard InChI is InChI=1S/C19H24N4O3/c1-13-18(5-7-20-21-13)19(24)22(2)14-6-8-23(12-14)15-9-16(25-3)11-17(10-15)26-4/h5,7,9-11,14H,6,8,12H2,1-4H3. The zero-order valence-electron chi connectivity index (χ0n) is 15.6. The molecule has 138 valence electrons. The van der Waals surface area contributed by atoms with Crippen molar-refractivity contribution < 1.29 is 14.3 Å². The number of hydrogen-bond acceptors (Lipinski definition) is 6. The van der Waals surface area contributed by atoms with Gasteiger partial charge in [-0.15, -0.1) is 0 Å². The van der Waals surface area contributed by atoms with Crippen molar-refractivity contribution in [3.8, 4) is 11.5 Å². The maximum absolute atomic E-state index is 12.8. The Balaban J connectivity index is 1.74. The van der Waals surface area contributed by atoms with E-state index in [0.717, 1.165) is 36.7 Å².